The van der Waals surface area contributed by atoms with Gasteiger partial charge in [-0.15, -0.1) is 0 Å². The number of amides is 1. The van der Waals surface area contributed by atoms with Gasteiger partial charge in [-0.05, 0) is 36.6 Å². The van der Waals surface area contributed by atoms with E-state index in [1.807, 2.05) is 47.4 Å². The zero-order valence-corrected chi connectivity index (χ0v) is 23.1. The Balaban J connectivity index is 1.24. The number of rotatable bonds is 8. The number of hydrogen-bond donors (Lipinski definition) is 0. The molecule has 0 atom stereocenters. The molecule has 3 aromatic heterocycles. The van der Waals surface area contributed by atoms with Gasteiger partial charge in [0.1, 0.15) is 29.3 Å². The van der Waals surface area contributed by atoms with Crippen molar-refractivity contribution in [3.05, 3.63) is 102 Å². The van der Waals surface area contributed by atoms with Gasteiger partial charge in [-0.1, -0.05) is 65.3 Å². The first-order chi connectivity index (χ1) is 20.1. The van der Waals surface area contributed by atoms with Gasteiger partial charge in [0, 0.05) is 50.6 Å². The molecule has 1 aliphatic heterocycles. The van der Waals surface area contributed by atoms with Crippen LogP contribution in [0.5, 0.6) is 0 Å². The maximum atomic E-state index is 13.0. The van der Waals surface area contributed by atoms with Crippen LogP contribution in [-0.2, 0) is 22.6 Å². The molecule has 0 bridgehead atoms. The van der Waals surface area contributed by atoms with Gasteiger partial charge >= 0.3 is 0 Å². The Morgan fingerprint density at radius 1 is 0.927 bits per heavy atom. The Kier molecular flexibility index (Phi) is 7.95. The molecule has 1 saturated heterocycles. The number of anilines is 1. The quantitative estimate of drug-likeness (QED) is 0.272. The number of carbonyl (C=O) groups is 1. The molecule has 6 rings (SSSR count). The molecule has 0 saturated carbocycles. The highest BCUT2D eigenvalue weighted by molar-refractivity contribution is 5.98. The second-order valence-corrected chi connectivity index (χ2v) is 10.3. The molecular weight excluding hydrogens is 516 g/mol. The van der Waals surface area contributed by atoms with Crippen LogP contribution in [0.4, 0.5) is 5.82 Å². The van der Waals surface area contributed by atoms with Crippen molar-refractivity contribution in [1.29, 1.82) is 0 Å². The summed E-state index contributed by atoms with van der Waals surface area (Å²) in [5.41, 5.74) is 5.32. The number of hydrogen-bond acceptors (Lipinski definition) is 8. The van der Waals surface area contributed by atoms with Crippen molar-refractivity contribution >= 4 is 22.8 Å². The van der Waals surface area contributed by atoms with Crippen LogP contribution in [0.1, 0.15) is 28.9 Å². The van der Waals surface area contributed by atoms with E-state index in [1.165, 1.54) is 5.56 Å². The first-order valence-electron chi connectivity index (χ1n) is 13.9. The van der Waals surface area contributed by atoms with Crippen molar-refractivity contribution in [3.8, 4) is 11.3 Å². The monoisotopic (exact) mass is 548 g/mol. The van der Waals surface area contributed by atoms with Crippen LogP contribution in [0.15, 0.2) is 83.6 Å². The Labute approximate surface area is 238 Å². The molecule has 0 radical (unpaired) electrons. The highest BCUT2D eigenvalue weighted by Crippen LogP contribution is 2.34. The van der Waals surface area contributed by atoms with E-state index >= 15 is 0 Å². The molecule has 1 amide bonds. The van der Waals surface area contributed by atoms with Crippen LogP contribution < -0.4 is 4.90 Å². The zero-order valence-electron chi connectivity index (χ0n) is 23.1. The van der Waals surface area contributed by atoms with E-state index in [0.29, 0.717) is 49.9 Å². The van der Waals surface area contributed by atoms with Crippen LogP contribution in [-0.4, -0.2) is 63.7 Å². The highest BCUT2D eigenvalue weighted by Gasteiger charge is 2.26. The lowest BCUT2D eigenvalue weighted by atomic mass is 10.1. The molecule has 1 aliphatic rings. The first-order valence-corrected chi connectivity index (χ1v) is 13.9. The van der Waals surface area contributed by atoms with E-state index in [4.69, 9.17) is 19.2 Å². The number of aromatic nitrogens is 4. The summed E-state index contributed by atoms with van der Waals surface area (Å²) in [7, 11) is 0. The molecule has 9 heteroatoms. The van der Waals surface area contributed by atoms with E-state index in [-0.39, 0.29) is 12.5 Å². The molecule has 0 spiro atoms. The molecule has 2 aromatic carbocycles. The topological polar surface area (TPSA) is 97.5 Å². The summed E-state index contributed by atoms with van der Waals surface area (Å²) in [4.78, 5) is 31.2. The molecule has 41 heavy (non-hydrogen) atoms. The number of carbonyl (C=O) groups excluding carboxylic acids is 1. The third-order valence-electron chi connectivity index (χ3n) is 7.27. The fourth-order valence-electron chi connectivity index (χ4n) is 5.08. The molecule has 5 aromatic rings. The summed E-state index contributed by atoms with van der Waals surface area (Å²) < 4.78 is 11.5. The maximum absolute atomic E-state index is 13.0. The van der Waals surface area contributed by atoms with Crippen LogP contribution in [0.3, 0.4) is 0 Å². The van der Waals surface area contributed by atoms with Gasteiger partial charge in [0.25, 0.3) is 5.71 Å². The van der Waals surface area contributed by atoms with Gasteiger partial charge in [0.15, 0.2) is 0 Å². The largest absolute Gasteiger partial charge is 0.367 e. The standard InChI is InChI=1S/C32H32N6O3/c1-23-10-12-24(13-11-23)19-27-34-31(29-30(36-41-32(29)35-27)26-9-5-14-33-20-26)38-16-6-15-37(17-18-38)28(39)22-40-21-25-7-3-2-4-8-25/h2-5,7-14,20H,6,15-19,21-22H2,1H3. The predicted octanol–water partition coefficient (Wildman–Crippen LogP) is 4.83. The minimum atomic E-state index is -0.00305. The third kappa shape index (κ3) is 6.25. The van der Waals surface area contributed by atoms with E-state index in [2.05, 4.69) is 46.2 Å². The number of aryl methyl sites for hydroxylation is 1. The van der Waals surface area contributed by atoms with Crippen molar-refractivity contribution in [3.63, 3.8) is 0 Å². The molecule has 9 nitrogen and oxygen atoms in total. The summed E-state index contributed by atoms with van der Waals surface area (Å²) in [6, 6.07) is 22.1. The summed E-state index contributed by atoms with van der Waals surface area (Å²) in [5.74, 6) is 1.43. The highest BCUT2D eigenvalue weighted by atomic mass is 16.5. The Morgan fingerprint density at radius 2 is 1.78 bits per heavy atom. The van der Waals surface area contributed by atoms with Gasteiger partial charge < -0.3 is 19.1 Å². The van der Waals surface area contributed by atoms with Crippen LogP contribution in [0.25, 0.3) is 22.4 Å². The van der Waals surface area contributed by atoms with E-state index in [0.717, 1.165) is 40.9 Å². The zero-order chi connectivity index (χ0) is 28.0. The minimum Gasteiger partial charge on any atom is -0.367 e. The minimum absolute atomic E-state index is 0.00305. The van der Waals surface area contributed by atoms with E-state index in [9.17, 15) is 4.79 Å². The van der Waals surface area contributed by atoms with Gasteiger partial charge in [0.2, 0.25) is 5.91 Å². The number of fused-ring (bicyclic) bond motifs is 1. The third-order valence-corrected chi connectivity index (χ3v) is 7.27. The van der Waals surface area contributed by atoms with E-state index < -0.39 is 0 Å². The van der Waals surface area contributed by atoms with Crippen molar-refractivity contribution in [2.45, 2.75) is 26.4 Å². The van der Waals surface area contributed by atoms with Crippen molar-refractivity contribution in [2.75, 3.05) is 37.7 Å². The lowest BCUT2D eigenvalue weighted by Crippen LogP contribution is -2.37. The van der Waals surface area contributed by atoms with Crippen molar-refractivity contribution < 1.29 is 14.1 Å². The molecular formula is C32H32N6O3. The van der Waals surface area contributed by atoms with Crippen LogP contribution in [0.2, 0.25) is 0 Å². The molecule has 1 fully saturated rings. The lowest BCUT2D eigenvalue weighted by Gasteiger charge is -2.24. The van der Waals surface area contributed by atoms with Crippen molar-refractivity contribution in [2.24, 2.45) is 0 Å². The molecule has 4 heterocycles. The van der Waals surface area contributed by atoms with Crippen molar-refractivity contribution in [1.82, 2.24) is 25.0 Å². The average molecular weight is 549 g/mol. The normalized spacial score (nSPS) is 13.9. The fraction of sp³-hybridized carbons (Fsp3) is 0.281. The first kappa shape index (κ1) is 26.6. The smallest absolute Gasteiger partial charge is 0.263 e. The maximum Gasteiger partial charge on any atom is 0.263 e. The SMILES string of the molecule is Cc1ccc(Cc2nc(N3CCCN(C(=O)COCc4ccccc4)CC3)c3c(-c4cccnc4)noc3n2)cc1. The second kappa shape index (κ2) is 12.3. The Bertz CT molecular complexity index is 1610. The number of nitrogens with zero attached hydrogens (tertiary/aromatic N) is 6. The van der Waals surface area contributed by atoms with Gasteiger partial charge in [0.05, 0.1) is 6.61 Å². The molecule has 0 unspecified atom stereocenters. The summed E-state index contributed by atoms with van der Waals surface area (Å²) in [6.07, 6.45) is 4.87. The number of ether oxygens (including phenoxy) is 1. The van der Waals surface area contributed by atoms with Gasteiger partial charge in [-0.3, -0.25) is 9.78 Å². The lowest BCUT2D eigenvalue weighted by molar-refractivity contribution is -0.136. The summed E-state index contributed by atoms with van der Waals surface area (Å²) in [6.45, 7) is 5.14. The average Bonchev–Trinajstić information content (AvgIpc) is 3.27. The van der Waals surface area contributed by atoms with Crippen LogP contribution >= 0.6 is 0 Å². The van der Waals surface area contributed by atoms with Gasteiger partial charge in [-0.25, -0.2) is 4.98 Å². The predicted molar refractivity (Wildman–Crippen MR) is 156 cm³/mol. The number of benzene rings is 2. The van der Waals surface area contributed by atoms with Gasteiger partial charge in [-0.2, -0.15) is 4.98 Å². The fourth-order valence-corrected chi connectivity index (χ4v) is 5.08. The molecule has 0 aliphatic carbocycles. The Hall–Kier alpha value is -4.63. The van der Waals surface area contributed by atoms with E-state index in [1.54, 1.807) is 12.4 Å². The summed E-state index contributed by atoms with van der Waals surface area (Å²) in [5, 5.41) is 5.14. The van der Waals surface area contributed by atoms with Crippen LogP contribution in [0, 0.1) is 6.92 Å². The molecule has 208 valence electrons. The number of pyridine rings is 1. The Morgan fingerprint density at radius 3 is 2.59 bits per heavy atom. The second-order valence-electron chi connectivity index (χ2n) is 10.3. The summed E-state index contributed by atoms with van der Waals surface area (Å²) >= 11 is 0. The molecule has 0 N–H and O–H groups in total.